The molecule has 0 saturated heterocycles. The molecule has 0 spiro atoms. The molecule has 2 aromatic rings. The first-order chi connectivity index (χ1) is 9.69. The van der Waals surface area contributed by atoms with Gasteiger partial charge in [0.2, 0.25) is 0 Å². The summed E-state index contributed by atoms with van der Waals surface area (Å²) in [6, 6.07) is 14.9. The molecular weight excluding hydrogens is 246 g/mol. The number of rotatable bonds is 2. The number of para-hydroxylation sites is 1. The van der Waals surface area contributed by atoms with Gasteiger partial charge >= 0.3 is 0 Å². The van der Waals surface area contributed by atoms with Gasteiger partial charge in [-0.3, -0.25) is 0 Å². The van der Waals surface area contributed by atoms with E-state index in [1.54, 1.807) is 0 Å². The highest BCUT2D eigenvalue weighted by Gasteiger charge is 2.23. The molecule has 0 amide bonds. The van der Waals surface area contributed by atoms with Crippen LogP contribution in [-0.4, -0.2) is 11.7 Å². The lowest BCUT2D eigenvalue weighted by Crippen LogP contribution is -2.30. The SMILES string of the molecule is Cc1cc(CO)ccc1N1CC(C)Cc2ccccc21. The summed E-state index contributed by atoms with van der Waals surface area (Å²) in [4.78, 5) is 2.42. The van der Waals surface area contributed by atoms with Crippen LogP contribution in [0.1, 0.15) is 23.6 Å². The highest BCUT2D eigenvalue weighted by Crippen LogP contribution is 2.36. The van der Waals surface area contributed by atoms with Gasteiger partial charge in [0.25, 0.3) is 0 Å². The second kappa shape index (κ2) is 5.29. The van der Waals surface area contributed by atoms with Crippen molar-refractivity contribution in [1.82, 2.24) is 0 Å². The second-order valence-electron chi connectivity index (χ2n) is 5.83. The third-order valence-corrected chi connectivity index (χ3v) is 4.08. The Kier molecular flexibility index (Phi) is 3.49. The summed E-state index contributed by atoms with van der Waals surface area (Å²) in [5.74, 6) is 0.654. The van der Waals surface area contributed by atoms with E-state index in [2.05, 4.69) is 55.1 Å². The molecule has 0 fully saturated rings. The zero-order chi connectivity index (χ0) is 14.1. The van der Waals surface area contributed by atoms with Crippen LogP contribution in [0.4, 0.5) is 11.4 Å². The van der Waals surface area contributed by atoms with Crippen LogP contribution in [0.15, 0.2) is 42.5 Å². The molecule has 0 aliphatic carbocycles. The maximum Gasteiger partial charge on any atom is 0.0681 e. The van der Waals surface area contributed by atoms with Crippen molar-refractivity contribution >= 4 is 11.4 Å². The van der Waals surface area contributed by atoms with Gasteiger partial charge in [-0.2, -0.15) is 0 Å². The molecular formula is C18H21NO. The molecule has 0 aromatic heterocycles. The van der Waals surface area contributed by atoms with Gasteiger partial charge in [0.15, 0.2) is 0 Å². The minimum atomic E-state index is 0.105. The Bertz CT molecular complexity index is 621. The smallest absolute Gasteiger partial charge is 0.0681 e. The Morgan fingerprint density at radius 3 is 2.70 bits per heavy atom. The van der Waals surface area contributed by atoms with Crippen LogP contribution >= 0.6 is 0 Å². The third kappa shape index (κ3) is 2.32. The van der Waals surface area contributed by atoms with E-state index in [9.17, 15) is 5.11 Å². The summed E-state index contributed by atoms with van der Waals surface area (Å²) in [5.41, 5.74) is 6.20. The number of nitrogens with zero attached hydrogens (tertiary/aromatic N) is 1. The van der Waals surface area contributed by atoms with Crippen molar-refractivity contribution in [2.45, 2.75) is 26.9 Å². The number of aliphatic hydroxyl groups excluding tert-OH is 1. The molecule has 0 radical (unpaired) electrons. The Balaban J connectivity index is 2.06. The lowest BCUT2D eigenvalue weighted by atomic mass is 9.93. The van der Waals surface area contributed by atoms with Crippen molar-refractivity contribution in [2.75, 3.05) is 11.4 Å². The Labute approximate surface area is 120 Å². The van der Waals surface area contributed by atoms with Crippen LogP contribution in [0.3, 0.4) is 0 Å². The number of fused-ring (bicyclic) bond motifs is 1. The maximum atomic E-state index is 9.25. The van der Waals surface area contributed by atoms with Crippen LogP contribution < -0.4 is 4.90 Å². The van der Waals surface area contributed by atoms with Gasteiger partial charge < -0.3 is 10.0 Å². The quantitative estimate of drug-likeness (QED) is 0.894. The van der Waals surface area contributed by atoms with Gasteiger partial charge in [-0.15, -0.1) is 0 Å². The summed E-state index contributed by atoms with van der Waals surface area (Å²) < 4.78 is 0. The van der Waals surface area contributed by atoms with Crippen LogP contribution in [0, 0.1) is 12.8 Å². The summed E-state index contributed by atoms with van der Waals surface area (Å²) >= 11 is 0. The molecule has 2 nitrogen and oxygen atoms in total. The number of hydrogen-bond donors (Lipinski definition) is 1. The lowest BCUT2D eigenvalue weighted by Gasteiger charge is -2.35. The molecule has 0 saturated carbocycles. The summed E-state index contributed by atoms with van der Waals surface area (Å²) in [6.07, 6.45) is 1.15. The van der Waals surface area contributed by atoms with Gasteiger partial charge in [-0.25, -0.2) is 0 Å². The fourth-order valence-electron chi connectivity index (χ4n) is 3.14. The number of aliphatic hydroxyl groups is 1. The molecule has 20 heavy (non-hydrogen) atoms. The molecule has 1 N–H and O–H groups in total. The van der Waals surface area contributed by atoms with Crippen molar-refractivity contribution in [1.29, 1.82) is 0 Å². The number of hydrogen-bond acceptors (Lipinski definition) is 2. The normalized spacial score (nSPS) is 17.9. The summed E-state index contributed by atoms with van der Waals surface area (Å²) in [7, 11) is 0. The van der Waals surface area contributed by atoms with E-state index in [-0.39, 0.29) is 6.61 Å². The Hall–Kier alpha value is -1.80. The molecule has 1 heterocycles. The average Bonchev–Trinajstić information content (AvgIpc) is 2.46. The van der Waals surface area contributed by atoms with Gasteiger partial charge in [0, 0.05) is 17.9 Å². The topological polar surface area (TPSA) is 23.5 Å². The van der Waals surface area contributed by atoms with Gasteiger partial charge in [0.05, 0.1) is 6.61 Å². The van der Waals surface area contributed by atoms with Crippen molar-refractivity contribution in [3.05, 3.63) is 59.2 Å². The Morgan fingerprint density at radius 1 is 1.15 bits per heavy atom. The van der Waals surface area contributed by atoms with Crippen LogP contribution in [0.5, 0.6) is 0 Å². The highest BCUT2D eigenvalue weighted by molar-refractivity contribution is 5.70. The predicted octanol–water partition coefficient (Wildman–Crippen LogP) is 3.82. The number of anilines is 2. The average molecular weight is 267 g/mol. The monoisotopic (exact) mass is 267 g/mol. The van der Waals surface area contributed by atoms with Gasteiger partial charge in [0.1, 0.15) is 0 Å². The zero-order valence-corrected chi connectivity index (χ0v) is 12.1. The Morgan fingerprint density at radius 2 is 1.95 bits per heavy atom. The van der Waals surface area contributed by atoms with Crippen molar-refractivity contribution in [2.24, 2.45) is 5.92 Å². The fraction of sp³-hybridized carbons (Fsp3) is 0.333. The van der Waals surface area contributed by atoms with Gasteiger partial charge in [-0.1, -0.05) is 37.3 Å². The molecule has 1 unspecified atom stereocenters. The summed E-state index contributed by atoms with van der Waals surface area (Å²) in [5, 5.41) is 9.25. The standard InChI is InChI=1S/C18H21NO/c1-13-9-16-5-3-4-6-18(16)19(11-13)17-8-7-15(12-20)10-14(17)2/h3-8,10,13,20H,9,11-12H2,1-2H3. The fourth-order valence-corrected chi connectivity index (χ4v) is 3.14. The second-order valence-corrected chi connectivity index (χ2v) is 5.83. The summed E-state index contributed by atoms with van der Waals surface area (Å²) in [6.45, 7) is 5.58. The molecule has 2 heteroatoms. The minimum absolute atomic E-state index is 0.105. The van der Waals surface area contributed by atoms with Crippen LogP contribution in [-0.2, 0) is 13.0 Å². The first-order valence-electron chi connectivity index (χ1n) is 7.25. The first-order valence-corrected chi connectivity index (χ1v) is 7.25. The molecule has 0 bridgehead atoms. The van der Waals surface area contributed by atoms with Gasteiger partial charge in [-0.05, 0) is 48.1 Å². The molecule has 2 aromatic carbocycles. The van der Waals surface area contributed by atoms with Crippen molar-refractivity contribution in [3.63, 3.8) is 0 Å². The van der Waals surface area contributed by atoms with Crippen molar-refractivity contribution in [3.8, 4) is 0 Å². The molecule has 3 rings (SSSR count). The first kappa shape index (κ1) is 13.2. The van der Waals surface area contributed by atoms with E-state index >= 15 is 0 Å². The largest absolute Gasteiger partial charge is 0.392 e. The molecule has 1 aliphatic heterocycles. The van der Waals surface area contributed by atoms with E-state index < -0.39 is 0 Å². The third-order valence-electron chi connectivity index (χ3n) is 4.08. The van der Waals surface area contributed by atoms with E-state index in [1.807, 2.05) is 6.07 Å². The number of aryl methyl sites for hydroxylation is 1. The zero-order valence-electron chi connectivity index (χ0n) is 12.1. The van der Waals surface area contributed by atoms with Crippen LogP contribution in [0.25, 0.3) is 0 Å². The molecule has 104 valence electrons. The lowest BCUT2D eigenvalue weighted by molar-refractivity contribution is 0.282. The highest BCUT2D eigenvalue weighted by atomic mass is 16.3. The van der Waals surface area contributed by atoms with Crippen molar-refractivity contribution < 1.29 is 5.11 Å². The maximum absolute atomic E-state index is 9.25. The minimum Gasteiger partial charge on any atom is -0.392 e. The van der Waals surface area contributed by atoms with Crippen LogP contribution in [0.2, 0.25) is 0 Å². The van der Waals surface area contributed by atoms with E-state index in [0.29, 0.717) is 5.92 Å². The predicted molar refractivity (Wildman–Crippen MR) is 83.4 cm³/mol. The molecule has 1 atom stereocenters. The van der Waals surface area contributed by atoms with E-state index in [4.69, 9.17) is 0 Å². The number of benzene rings is 2. The van der Waals surface area contributed by atoms with E-state index in [0.717, 1.165) is 18.5 Å². The molecule has 1 aliphatic rings. The van der Waals surface area contributed by atoms with E-state index in [1.165, 1.54) is 22.5 Å².